The van der Waals surface area contributed by atoms with E-state index in [1.807, 2.05) is 13.8 Å². The second-order valence-corrected chi connectivity index (χ2v) is 5.84. The number of amides is 1. The van der Waals surface area contributed by atoms with Crippen LogP contribution in [0.4, 0.5) is 0 Å². The van der Waals surface area contributed by atoms with Gasteiger partial charge < -0.3 is 15.1 Å². The first-order chi connectivity index (χ1) is 9.43. The van der Waals surface area contributed by atoms with Crippen LogP contribution in [0.25, 0.3) is 0 Å². The summed E-state index contributed by atoms with van der Waals surface area (Å²) in [4.78, 5) is 25.1. The summed E-state index contributed by atoms with van der Waals surface area (Å²) >= 11 is 0. The number of carboxylic acid groups (broad SMARTS) is 1. The van der Waals surface area contributed by atoms with E-state index in [0.717, 1.165) is 25.7 Å². The fraction of sp³-hybridized carbons (Fsp3) is 0.867. The van der Waals surface area contributed by atoms with E-state index in [4.69, 9.17) is 0 Å². The molecule has 1 aliphatic heterocycles. The molecule has 0 radical (unpaired) electrons. The molecule has 1 fully saturated rings. The highest BCUT2D eigenvalue weighted by Crippen LogP contribution is 2.27. The fourth-order valence-electron chi connectivity index (χ4n) is 3.10. The number of rotatable bonds is 7. The number of hydrogen-bond acceptors (Lipinski definition) is 3. The van der Waals surface area contributed by atoms with Crippen LogP contribution >= 0.6 is 0 Å². The van der Waals surface area contributed by atoms with Crippen LogP contribution in [-0.2, 0) is 9.59 Å². The van der Waals surface area contributed by atoms with E-state index in [-0.39, 0.29) is 12.3 Å². The van der Waals surface area contributed by atoms with Gasteiger partial charge in [0.05, 0.1) is 12.0 Å². The molecule has 0 aromatic carbocycles. The lowest BCUT2D eigenvalue weighted by atomic mass is 9.88. The number of carbonyl (C=O) groups excluding carboxylic acids is 1. The summed E-state index contributed by atoms with van der Waals surface area (Å²) in [5.74, 6) is -1.16. The third kappa shape index (κ3) is 4.47. The van der Waals surface area contributed by atoms with Crippen molar-refractivity contribution in [2.75, 3.05) is 6.54 Å². The molecule has 0 aliphatic carbocycles. The molecule has 1 amide bonds. The van der Waals surface area contributed by atoms with E-state index in [2.05, 4.69) is 0 Å². The van der Waals surface area contributed by atoms with Gasteiger partial charge >= 0.3 is 5.97 Å². The topological polar surface area (TPSA) is 77.8 Å². The van der Waals surface area contributed by atoms with Crippen molar-refractivity contribution in [1.82, 2.24) is 4.90 Å². The van der Waals surface area contributed by atoms with Gasteiger partial charge in [0.15, 0.2) is 0 Å². The van der Waals surface area contributed by atoms with Crippen LogP contribution in [0.15, 0.2) is 0 Å². The quantitative estimate of drug-likeness (QED) is 0.751. The summed E-state index contributed by atoms with van der Waals surface area (Å²) in [7, 11) is 0. The number of piperidine rings is 1. The zero-order valence-corrected chi connectivity index (χ0v) is 12.6. The Hall–Kier alpha value is -1.10. The number of nitrogens with zero attached hydrogens (tertiary/aromatic N) is 1. The molecule has 0 saturated carbocycles. The molecule has 0 aromatic heterocycles. The van der Waals surface area contributed by atoms with Crippen molar-refractivity contribution < 1.29 is 19.8 Å². The zero-order valence-electron chi connectivity index (χ0n) is 12.6. The van der Waals surface area contributed by atoms with Crippen molar-refractivity contribution in [3.63, 3.8) is 0 Å². The standard InChI is InChI=1S/C15H27NO4/c1-3-8-15(20,9-4-2)11-13(17)16-10-6-5-7-12(16)14(18)19/h12,20H,3-11H2,1-2H3,(H,18,19)/t12-/m0/s1. The molecule has 0 bridgehead atoms. The molecule has 1 saturated heterocycles. The Bertz CT molecular complexity index is 337. The van der Waals surface area contributed by atoms with Crippen LogP contribution in [0.2, 0.25) is 0 Å². The van der Waals surface area contributed by atoms with Crippen molar-refractivity contribution >= 4 is 11.9 Å². The summed E-state index contributed by atoms with van der Waals surface area (Å²) in [6.07, 6.45) is 5.03. The SMILES string of the molecule is CCCC(O)(CCC)CC(=O)N1CCCC[C@H]1C(=O)O. The molecule has 5 heteroatoms. The van der Waals surface area contributed by atoms with E-state index in [1.165, 1.54) is 4.90 Å². The van der Waals surface area contributed by atoms with E-state index >= 15 is 0 Å². The lowest BCUT2D eigenvalue weighted by molar-refractivity contribution is -0.154. The van der Waals surface area contributed by atoms with Crippen molar-refractivity contribution in [3.8, 4) is 0 Å². The molecular weight excluding hydrogens is 258 g/mol. The smallest absolute Gasteiger partial charge is 0.326 e. The first kappa shape index (κ1) is 17.0. The second-order valence-electron chi connectivity index (χ2n) is 5.84. The number of hydrogen-bond donors (Lipinski definition) is 2. The summed E-state index contributed by atoms with van der Waals surface area (Å²) in [5, 5.41) is 19.7. The summed E-state index contributed by atoms with van der Waals surface area (Å²) in [6.45, 7) is 4.45. The van der Waals surface area contributed by atoms with Gasteiger partial charge in [-0.1, -0.05) is 26.7 Å². The van der Waals surface area contributed by atoms with Gasteiger partial charge in [0, 0.05) is 6.54 Å². The van der Waals surface area contributed by atoms with Gasteiger partial charge in [-0.05, 0) is 32.1 Å². The monoisotopic (exact) mass is 285 g/mol. The van der Waals surface area contributed by atoms with Gasteiger partial charge in [-0.25, -0.2) is 4.79 Å². The molecule has 1 aliphatic rings. The fourth-order valence-corrected chi connectivity index (χ4v) is 3.10. The van der Waals surface area contributed by atoms with Gasteiger partial charge in [0.2, 0.25) is 5.91 Å². The molecule has 5 nitrogen and oxygen atoms in total. The highest BCUT2D eigenvalue weighted by Gasteiger charge is 2.36. The molecule has 116 valence electrons. The molecule has 0 unspecified atom stereocenters. The lowest BCUT2D eigenvalue weighted by Crippen LogP contribution is -2.50. The molecule has 1 atom stereocenters. The summed E-state index contributed by atoms with van der Waals surface area (Å²) in [5.41, 5.74) is -0.985. The summed E-state index contributed by atoms with van der Waals surface area (Å²) in [6, 6.07) is -0.719. The van der Waals surface area contributed by atoms with Gasteiger partial charge in [-0.15, -0.1) is 0 Å². The molecule has 1 heterocycles. The van der Waals surface area contributed by atoms with Crippen molar-refractivity contribution in [1.29, 1.82) is 0 Å². The third-order valence-electron chi connectivity index (χ3n) is 4.02. The molecule has 20 heavy (non-hydrogen) atoms. The van der Waals surface area contributed by atoms with Crippen LogP contribution in [0.5, 0.6) is 0 Å². The molecule has 0 spiro atoms. The van der Waals surface area contributed by atoms with E-state index in [1.54, 1.807) is 0 Å². The van der Waals surface area contributed by atoms with Crippen molar-refractivity contribution in [2.24, 2.45) is 0 Å². The number of carboxylic acids is 1. The highest BCUT2D eigenvalue weighted by atomic mass is 16.4. The predicted octanol–water partition coefficient (Wildman–Crippen LogP) is 2.17. The Morgan fingerprint density at radius 2 is 1.80 bits per heavy atom. The minimum Gasteiger partial charge on any atom is -0.480 e. The molecule has 1 rings (SSSR count). The molecular formula is C15H27NO4. The van der Waals surface area contributed by atoms with Crippen LogP contribution in [-0.4, -0.2) is 45.2 Å². The predicted molar refractivity (Wildman–Crippen MR) is 76.4 cm³/mol. The highest BCUT2D eigenvalue weighted by molar-refractivity contribution is 5.84. The van der Waals surface area contributed by atoms with Crippen LogP contribution in [0, 0.1) is 0 Å². The maximum absolute atomic E-state index is 12.4. The Morgan fingerprint density at radius 3 is 2.30 bits per heavy atom. The number of aliphatic carboxylic acids is 1. The summed E-state index contributed by atoms with van der Waals surface area (Å²) < 4.78 is 0. The van der Waals surface area contributed by atoms with E-state index in [0.29, 0.717) is 25.8 Å². The molecule has 0 aromatic rings. The first-order valence-corrected chi connectivity index (χ1v) is 7.68. The first-order valence-electron chi connectivity index (χ1n) is 7.68. The van der Waals surface area contributed by atoms with E-state index < -0.39 is 17.6 Å². The van der Waals surface area contributed by atoms with Crippen molar-refractivity contribution in [3.05, 3.63) is 0 Å². The van der Waals surface area contributed by atoms with Crippen LogP contribution < -0.4 is 0 Å². The number of aliphatic hydroxyl groups is 1. The Kier molecular flexibility index (Phi) is 6.46. The van der Waals surface area contributed by atoms with Gasteiger partial charge in [-0.2, -0.15) is 0 Å². The maximum atomic E-state index is 12.4. The Balaban J connectivity index is 2.73. The minimum absolute atomic E-state index is 0.0401. The van der Waals surface area contributed by atoms with E-state index in [9.17, 15) is 19.8 Å². The Morgan fingerprint density at radius 1 is 1.20 bits per heavy atom. The number of carbonyl (C=O) groups is 2. The lowest BCUT2D eigenvalue weighted by Gasteiger charge is -2.36. The van der Waals surface area contributed by atoms with Crippen LogP contribution in [0.1, 0.15) is 65.2 Å². The number of likely N-dealkylation sites (tertiary alicyclic amines) is 1. The normalized spacial score (nSPS) is 19.9. The average molecular weight is 285 g/mol. The largest absolute Gasteiger partial charge is 0.480 e. The third-order valence-corrected chi connectivity index (χ3v) is 4.02. The van der Waals surface area contributed by atoms with Crippen LogP contribution in [0.3, 0.4) is 0 Å². The second kappa shape index (κ2) is 7.62. The minimum atomic E-state index is -0.985. The molecule has 2 N–H and O–H groups in total. The van der Waals surface area contributed by atoms with Gasteiger partial charge in [-0.3, -0.25) is 4.79 Å². The maximum Gasteiger partial charge on any atom is 0.326 e. The van der Waals surface area contributed by atoms with Gasteiger partial charge in [0.1, 0.15) is 6.04 Å². The van der Waals surface area contributed by atoms with Crippen molar-refractivity contribution in [2.45, 2.75) is 76.9 Å². The Labute approximate surface area is 121 Å². The van der Waals surface area contributed by atoms with Gasteiger partial charge in [0.25, 0.3) is 0 Å². The zero-order chi connectivity index (χ0) is 15.2. The average Bonchev–Trinajstić information content (AvgIpc) is 2.38.